The fraction of sp³-hybridized carbons (Fsp3) is 0.400. The predicted octanol–water partition coefficient (Wildman–Crippen LogP) is 3.21. The number of likely N-dealkylation sites (tertiary alicyclic amines) is 1. The number of aliphatic hydroxyl groups excluding tert-OH is 1. The largest absolute Gasteiger partial charge is 0.508 e. The molecule has 1 aliphatic rings. The predicted molar refractivity (Wildman–Crippen MR) is 97.0 cm³/mol. The van der Waals surface area contributed by atoms with E-state index < -0.39 is 0 Å². The summed E-state index contributed by atoms with van der Waals surface area (Å²) in [7, 11) is 0. The Morgan fingerprint density at radius 3 is 2.58 bits per heavy atom. The van der Waals surface area contributed by atoms with E-state index in [1.807, 2.05) is 18.2 Å². The van der Waals surface area contributed by atoms with Gasteiger partial charge in [0.2, 0.25) is 0 Å². The van der Waals surface area contributed by atoms with Crippen molar-refractivity contribution >= 4 is 5.69 Å². The highest BCUT2D eigenvalue weighted by Gasteiger charge is 2.18. The Labute approximate surface area is 143 Å². The third-order valence-corrected chi connectivity index (χ3v) is 4.77. The van der Waals surface area contributed by atoms with Crippen LogP contribution in [-0.2, 0) is 13.1 Å². The molecule has 1 heterocycles. The number of rotatable bonds is 6. The number of hydrogen-bond donors (Lipinski definition) is 3. The average Bonchev–Trinajstić information content (AvgIpc) is 2.62. The zero-order valence-electron chi connectivity index (χ0n) is 14.0. The maximum atomic E-state index is 9.84. The Hall–Kier alpha value is -2.04. The third kappa shape index (κ3) is 4.49. The molecule has 0 atom stereocenters. The highest BCUT2D eigenvalue weighted by Crippen LogP contribution is 2.21. The normalized spacial score (nSPS) is 16.2. The van der Waals surface area contributed by atoms with Gasteiger partial charge in [-0.2, -0.15) is 0 Å². The summed E-state index contributed by atoms with van der Waals surface area (Å²) >= 11 is 0. The summed E-state index contributed by atoms with van der Waals surface area (Å²) in [4.78, 5) is 2.45. The lowest BCUT2D eigenvalue weighted by Crippen LogP contribution is -2.34. The first kappa shape index (κ1) is 16.8. The first-order chi connectivity index (χ1) is 11.7. The molecule has 0 amide bonds. The fourth-order valence-electron chi connectivity index (χ4n) is 3.22. The van der Waals surface area contributed by atoms with E-state index in [4.69, 9.17) is 0 Å². The Kier molecular flexibility index (Phi) is 5.72. The van der Waals surface area contributed by atoms with Crippen molar-refractivity contribution in [2.24, 2.45) is 5.92 Å². The molecule has 0 aliphatic carbocycles. The Morgan fingerprint density at radius 1 is 1.04 bits per heavy atom. The van der Waals surface area contributed by atoms with E-state index in [2.05, 4.69) is 34.5 Å². The van der Waals surface area contributed by atoms with E-state index in [1.165, 1.54) is 5.56 Å². The van der Waals surface area contributed by atoms with Gasteiger partial charge in [-0.3, -0.25) is 4.90 Å². The second-order valence-electron chi connectivity index (χ2n) is 6.58. The van der Waals surface area contributed by atoms with Crippen LogP contribution in [0.5, 0.6) is 5.75 Å². The molecule has 1 saturated heterocycles. The molecule has 0 bridgehead atoms. The number of hydrogen-bond acceptors (Lipinski definition) is 4. The maximum Gasteiger partial charge on any atom is 0.120 e. The van der Waals surface area contributed by atoms with Gasteiger partial charge in [0.15, 0.2) is 0 Å². The molecule has 0 unspecified atom stereocenters. The molecule has 4 nitrogen and oxygen atoms in total. The molecule has 0 spiro atoms. The summed E-state index contributed by atoms with van der Waals surface area (Å²) in [6, 6.07) is 15.9. The number of aromatic hydroxyl groups is 1. The highest BCUT2D eigenvalue weighted by molar-refractivity contribution is 5.47. The fourth-order valence-corrected chi connectivity index (χ4v) is 3.22. The van der Waals surface area contributed by atoms with Crippen molar-refractivity contribution in [3.8, 4) is 5.75 Å². The van der Waals surface area contributed by atoms with Gasteiger partial charge in [0, 0.05) is 30.9 Å². The van der Waals surface area contributed by atoms with Gasteiger partial charge in [-0.1, -0.05) is 30.3 Å². The maximum absolute atomic E-state index is 9.84. The van der Waals surface area contributed by atoms with Crippen LogP contribution in [0.2, 0.25) is 0 Å². The van der Waals surface area contributed by atoms with Crippen LogP contribution in [0.25, 0.3) is 0 Å². The molecule has 2 aromatic rings. The molecule has 1 aliphatic heterocycles. The van der Waals surface area contributed by atoms with Crippen LogP contribution >= 0.6 is 0 Å². The Morgan fingerprint density at radius 2 is 1.83 bits per heavy atom. The molecule has 1 fully saturated rings. The lowest BCUT2D eigenvalue weighted by molar-refractivity contribution is 0.127. The average molecular weight is 326 g/mol. The summed E-state index contributed by atoms with van der Waals surface area (Å²) in [6.45, 7) is 3.99. The number of nitrogens with one attached hydrogen (secondary N) is 1. The summed E-state index contributed by atoms with van der Waals surface area (Å²) in [5.41, 5.74) is 3.26. The minimum atomic E-state index is 0.319. The highest BCUT2D eigenvalue weighted by atomic mass is 16.3. The Bertz CT molecular complexity index is 652. The molecule has 0 aromatic heterocycles. The molecule has 24 heavy (non-hydrogen) atoms. The smallest absolute Gasteiger partial charge is 0.120 e. The number of phenolic OH excluding ortho intramolecular Hbond substituents is 1. The van der Waals surface area contributed by atoms with Crippen molar-refractivity contribution in [2.45, 2.75) is 25.9 Å². The van der Waals surface area contributed by atoms with E-state index >= 15 is 0 Å². The number of anilines is 1. The van der Waals surface area contributed by atoms with Crippen LogP contribution in [-0.4, -0.2) is 34.8 Å². The summed E-state index contributed by atoms with van der Waals surface area (Å²) in [5, 5.41) is 22.5. The summed E-state index contributed by atoms with van der Waals surface area (Å²) in [6.07, 6.45) is 2.17. The second kappa shape index (κ2) is 8.18. The van der Waals surface area contributed by atoms with Crippen molar-refractivity contribution in [3.05, 3.63) is 59.7 Å². The minimum absolute atomic E-state index is 0.319. The van der Waals surface area contributed by atoms with Gasteiger partial charge in [0.25, 0.3) is 0 Å². The van der Waals surface area contributed by atoms with Gasteiger partial charge in [0.1, 0.15) is 5.75 Å². The molecule has 3 rings (SSSR count). The molecule has 0 radical (unpaired) electrons. The van der Waals surface area contributed by atoms with E-state index in [9.17, 15) is 10.2 Å². The van der Waals surface area contributed by atoms with Gasteiger partial charge >= 0.3 is 0 Å². The molecule has 4 heteroatoms. The van der Waals surface area contributed by atoms with Crippen molar-refractivity contribution < 1.29 is 10.2 Å². The number of aliphatic hydroxyl groups is 1. The minimum Gasteiger partial charge on any atom is -0.508 e. The van der Waals surface area contributed by atoms with Crippen LogP contribution in [0.3, 0.4) is 0 Å². The first-order valence-electron chi connectivity index (χ1n) is 8.67. The molecule has 128 valence electrons. The quantitative estimate of drug-likeness (QED) is 0.763. The van der Waals surface area contributed by atoms with Crippen molar-refractivity contribution in [3.63, 3.8) is 0 Å². The van der Waals surface area contributed by atoms with E-state index in [0.29, 0.717) is 24.8 Å². The monoisotopic (exact) mass is 326 g/mol. The Balaban J connectivity index is 1.55. The molecular weight excluding hydrogens is 300 g/mol. The topological polar surface area (TPSA) is 55.7 Å². The van der Waals surface area contributed by atoms with Gasteiger partial charge in [0.05, 0.1) is 0 Å². The summed E-state index contributed by atoms with van der Waals surface area (Å²) in [5.74, 6) is 0.806. The molecule has 2 aromatic carbocycles. The lowest BCUT2D eigenvalue weighted by Gasteiger charge is -2.31. The van der Waals surface area contributed by atoms with Gasteiger partial charge in [-0.15, -0.1) is 0 Å². The van der Waals surface area contributed by atoms with E-state index in [1.54, 1.807) is 6.07 Å². The van der Waals surface area contributed by atoms with Gasteiger partial charge in [-0.05, 0) is 55.6 Å². The van der Waals surface area contributed by atoms with Crippen LogP contribution in [0.1, 0.15) is 24.0 Å². The van der Waals surface area contributed by atoms with Crippen LogP contribution in [0.15, 0.2) is 48.5 Å². The summed E-state index contributed by atoms with van der Waals surface area (Å²) < 4.78 is 0. The van der Waals surface area contributed by atoms with Crippen molar-refractivity contribution in [2.75, 3.05) is 25.0 Å². The van der Waals surface area contributed by atoms with Crippen LogP contribution in [0.4, 0.5) is 5.69 Å². The SMILES string of the molecule is OCC1CCN(Cc2cccc(NCc3ccccc3O)c2)CC1. The third-order valence-electron chi connectivity index (χ3n) is 4.77. The molecule has 0 saturated carbocycles. The molecular formula is C20H26N2O2. The number of piperidine rings is 1. The number of benzene rings is 2. The number of phenols is 1. The zero-order valence-corrected chi connectivity index (χ0v) is 14.0. The number of nitrogens with zero attached hydrogens (tertiary/aromatic N) is 1. The van der Waals surface area contributed by atoms with E-state index in [0.717, 1.165) is 43.7 Å². The van der Waals surface area contributed by atoms with Crippen LogP contribution in [0, 0.1) is 5.92 Å². The van der Waals surface area contributed by atoms with Gasteiger partial charge in [-0.25, -0.2) is 0 Å². The zero-order chi connectivity index (χ0) is 16.8. The lowest BCUT2D eigenvalue weighted by atomic mass is 9.97. The standard InChI is InChI=1S/C20H26N2O2/c23-15-16-8-10-22(11-9-16)14-17-4-3-6-19(12-17)21-13-18-5-1-2-7-20(18)24/h1-7,12,16,21,23-24H,8-11,13-15H2. The number of para-hydroxylation sites is 1. The van der Waals surface area contributed by atoms with Gasteiger partial charge < -0.3 is 15.5 Å². The van der Waals surface area contributed by atoms with E-state index in [-0.39, 0.29) is 0 Å². The van der Waals surface area contributed by atoms with Crippen molar-refractivity contribution in [1.29, 1.82) is 0 Å². The molecule has 3 N–H and O–H groups in total. The van der Waals surface area contributed by atoms with Crippen molar-refractivity contribution in [1.82, 2.24) is 4.90 Å². The second-order valence-corrected chi connectivity index (χ2v) is 6.58. The van der Waals surface area contributed by atoms with Crippen LogP contribution < -0.4 is 5.32 Å². The first-order valence-corrected chi connectivity index (χ1v) is 8.67.